The third-order valence-electron chi connectivity index (χ3n) is 4.03. The van der Waals surface area contributed by atoms with E-state index in [1.54, 1.807) is 0 Å². The van der Waals surface area contributed by atoms with Crippen LogP contribution >= 0.6 is 0 Å². The van der Waals surface area contributed by atoms with Crippen LogP contribution in [-0.2, 0) is 0 Å². The molecule has 0 aromatic carbocycles. The molecule has 17 heavy (non-hydrogen) atoms. The zero-order valence-corrected chi connectivity index (χ0v) is 11.1. The van der Waals surface area contributed by atoms with Gasteiger partial charge >= 0.3 is 0 Å². The first kappa shape index (κ1) is 12.6. The number of hydrogen-bond donors (Lipinski definition) is 1. The summed E-state index contributed by atoms with van der Waals surface area (Å²) in [6, 6.07) is 0.434. The fourth-order valence-corrected chi connectivity index (χ4v) is 3.06. The van der Waals surface area contributed by atoms with Crippen LogP contribution < -0.4 is 0 Å². The molecule has 0 saturated heterocycles. The summed E-state index contributed by atoms with van der Waals surface area (Å²) in [5, 5.41) is 9.89. The lowest BCUT2D eigenvalue weighted by Crippen LogP contribution is -2.30. The van der Waals surface area contributed by atoms with Crippen LogP contribution in [-0.4, -0.2) is 20.8 Å². The molecule has 0 spiro atoms. The Morgan fingerprint density at radius 2 is 2.24 bits per heavy atom. The molecule has 0 aliphatic heterocycles. The molecule has 96 valence electrons. The second-order valence-corrected chi connectivity index (χ2v) is 5.55. The van der Waals surface area contributed by atoms with Crippen LogP contribution in [0.2, 0.25) is 0 Å². The Balaban J connectivity index is 2.25. The molecule has 0 amide bonds. The van der Waals surface area contributed by atoms with Crippen LogP contribution in [0.25, 0.3) is 0 Å². The van der Waals surface area contributed by atoms with Gasteiger partial charge in [-0.3, -0.25) is 0 Å². The third-order valence-corrected chi connectivity index (χ3v) is 4.03. The van der Waals surface area contributed by atoms with Crippen molar-refractivity contribution in [3.05, 3.63) is 18.2 Å². The molecule has 3 nitrogen and oxygen atoms in total. The number of hydrogen-bond acceptors (Lipinski definition) is 2. The van der Waals surface area contributed by atoms with Crippen LogP contribution in [0.3, 0.4) is 0 Å². The Bertz CT molecular complexity index is 359. The molecule has 2 rings (SSSR count). The van der Waals surface area contributed by atoms with Gasteiger partial charge in [-0.1, -0.05) is 27.2 Å². The zero-order valence-electron chi connectivity index (χ0n) is 11.1. The van der Waals surface area contributed by atoms with Crippen LogP contribution in [0.1, 0.15) is 64.2 Å². The molecule has 1 aliphatic carbocycles. The second-order valence-electron chi connectivity index (χ2n) is 5.55. The van der Waals surface area contributed by atoms with E-state index in [1.165, 1.54) is 6.42 Å². The van der Waals surface area contributed by atoms with Gasteiger partial charge in [-0.25, -0.2) is 4.98 Å². The van der Waals surface area contributed by atoms with E-state index in [4.69, 9.17) is 0 Å². The topological polar surface area (TPSA) is 38.0 Å². The van der Waals surface area contributed by atoms with E-state index in [0.717, 1.165) is 25.1 Å². The van der Waals surface area contributed by atoms with Gasteiger partial charge in [-0.15, -0.1) is 0 Å². The summed E-state index contributed by atoms with van der Waals surface area (Å²) in [5.74, 6) is 2.29. The van der Waals surface area contributed by atoms with E-state index in [1.807, 2.05) is 6.20 Å². The van der Waals surface area contributed by atoms with Gasteiger partial charge in [-0.2, -0.15) is 0 Å². The van der Waals surface area contributed by atoms with Gasteiger partial charge < -0.3 is 9.67 Å². The normalized spacial score (nSPS) is 29.8. The summed E-state index contributed by atoms with van der Waals surface area (Å²) in [4.78, 5) is 4.47. The van der Waals surface area contributed by atoms with Crippen molar-refractivity contribution in [1.82, 2.24) is 9.55 Å². The number of aliphatic hydroxyl groups excluding tert-OH is 1. The summed E-state index contributed by atoms with van der Waals surface area (Å²) in [5.41, 5.74) is 0. The van der Waals surface area contributed by atoms with E-state index in [9.17, 15) is 5.11 Å². The van der Waals surface area contributed by atoms with Crippen molar-refractivity contribution >= 4 is 0 Å². The van der Waals surface area contributed by atoms with Crippen LogP contribution in [0, 0.1) is 5.92 Å². The number of imidazole rings is 1. The minimum absolute atomic E-state index is 0.134. The zero-order chi connectivity index (χ0) is 12.4. The fraction of sp³-hybridized carbons (Fsp3) is 0.786. The standard InChI is InChI=1S/C14H24N2O/c1-4-11-5-6-12(17)9-13(11)16-8-7-15-14(16)10(2)3/h7-8,10-13,17H,4-6,9H2,1-3H3. The van der Waals surface area contributed by atoms with Crippen LogP contribution in [0.4, 0.5) is 0 Å². The number of rotatable bonds is 3. The number of aromatic nitrogens is 2. The molecule has 3 heteroatoms. The average Bonchev–Trinajstić information content (AvgIpc) is 2.77. The summed E-state index contributed by atoms with van der Waals surface area (Å²) in [7, 11) is 0. The molecule has 1 aromatic rings. The lowest BCUT2D eigenvalue weighted by molar-refractivity contribution is 0.0700. The highest BCUT2D eigenvalue weighted by molar-refractivity contribution is 5.02. The first-order valence-corrected chi connectivity index (χ1v) is 6.84. The lowest BCUT2D eigenvalue weighted by atomic mass is 9.81. The van der Waals surface area contributed by atoms with E-state index in [2.05, 4.69) is 36.5 Å². The van der Waals surface area contributed by atoms with E-state index in [0.29, 0.717) is 17.9 Å². The molecular weight excluding hydrogens is 212 g/mol. The van der Waals surface area contributed by atoms with Crippen LogP contribution in [0.5, 0.6) is 0 Å². The van der Waals surface area contributed by atoms with Crippen molar-refractivity contribution in [2.75, 3.05) is 0 Å². The average molecular weight is 236 g/mol. The molecule has 3 atom stereocenters. The molecule has 3 unspecified atom stereocenters. The van der Waals surface area contributed by atoms with E-state index >= 15 is 0 Å². The first-order chi connectivity index (χ1) is 8.13. The van der Waals surface area contributed by atoms with Crippen molar-refractivity contribution in [3.8, 4) is 0 Å². The predicted octanol–water partition coefficient (Wildman–Crippen LogP) is 3.12. The highest BCUT2D eigenvalue weighted by Gasteiger charge is 2.31. The number of aliphatic hydroxyl groups is 1. The quantitative estimate of drug-likeness (QED) is 0.875. The van der Waals surface area contributed by atoms with Gasteiger partial charge in [-0.05, 0) is 25.2 Å². The molecule has 1 N–H and O–H groups in total. The molecule has 1 saturated carbocycles. The van der Waals surface area contributed by atoms with Gasteiger partial charge in [0.15, 0.2) is 0 Å². The maximum atomic E-state index is 9.89. The van der Waals surface area contributed by atoms with E-state index in [-0.39, 0.29) is 6.10 Å². The van der Waals surface area contributed by atoms with Crippen molar-refractivity contribution in [2.45, 2.75) is 64.5 Å². The summed E-state index contributed by atoms with van der Waals surface area (Å²) in [6.45, 7) is 6.61. The lowest BCUT2D eigenvalue weighted by Gasteiger charge is -2.35. The first-order valence-electron chi connectivity index (χ1n) is 6.84. The molecular formula is C14H24N2O. The largest absolute Gasteiger partial charge is 0.393 e. The van der Waals surface area contributed by atoms with Crippen LogP contribution in [0.15, 0.2) is 12.4 Å². The molecule has 1 fully saturated rings. The van der Waals surface area contributed by atoms with Crippen molar-refractivity contribution in [3.63, 3.8) is 0 Å². The third kappa shape index (κ3) is 2.54. The minimum atomic E-state index is -0.134. The fourth-order valence-electron chi connectivity index (χ4n) is 3.06. The maximum Gasteiger partial charge on any atom is 0.111 e. The monoisotopic (exact) mass is 236 g/mol. The molecule has 0 bridgehead atoms. The summed E-state index contributed by atoms with van der Waals surface area (Å²) >= 11 is 0. The van der Waals surface area contributed by atoms with Gasteiger partial charge in [0, 0.05) is 24.4 Å². The molecule has 1 heterocycles. The Hall–Kier alpha value is -0.830. The molecule has 1 aromatic heterocycles. The highest BCUT2D eigenvalue weighted by Crippen LogP contribution is 2.37. The molecule has 1 aliphatic rings. The van der Waals surface area contributed by atoms with Crippen molar-refractivity contribution < 1.29 is 5.11 Å². The van der Waals surface area contributed by atoms with Crippen molar-refractivity contribution in [2.24, 2.45) is 5.92 Å². The minimum Gasteiger partial charge on any atom is -0.393 e. The van der Waals surface area contributed by atoms with Gasteiger partial charge in [0.25, 0.3) is 0 Å². The number of nitrogens with zero attached hydrogens (tertiary/aromatic N) is 2. The SMILES string of the molecule is CCC1CCC(O)CC1n1ccnc1C(C)C. The van der Waals surface area contributed by atoms with Gasteiger partial charge in [0.1, 0.15) is 5.82 Å². The Morgan fingerprint density at radius 1 is 1.47 bits per heavy atom. The van der Waals surface area contributed by atoms with Gasteiger partial charge in [0.2, 0.25) is 0 Å². The second kappa shape index (κ2) is 5.21. The van der Waals surface area contributed by atoms with Crippen molar-refractivity contribution in [1.29, 1.82) is 0 Å². The predicted molar refractivity (Wildman–Crippen MR) is 69.0 cm³/mol. The summed E-state index contributed by atoms with van der Waals surface area (Å²) < 4.78 is 2.31. The van der Waals surface area contributed by atoms with Gasteiger partial charge in [0.05, 0.1) is 6.10 Å². The van der Waals surface area contributed by atoms with E-state index < -0.39 is 0 Å². The Morgan fingerprint density at radius 3 is 2.88 bits per heavy atom. The molecule has 0 radical (unpaired) electrons. The smallest absolute Gasteiger partial charge is 0.111 e. The highest BCUT2D eigenvalue weighted by atomic mass is 16.3. The Kier molecular flexibility index (Phi) is 3.87. The maximum absolute atomic E-state index is 9.89. The summed E-state index contributed by atoms with van der Waals surface area (Å²) in [6.07, 6.45) is 8.01. The Labute approximate surface area is 104 Å².